The maximum atomic E-state index is 14.1. The molecule has 0 aliphatic carbocycles. The van der Waals surface area contributed by atoms with Crippen LogP contribution < -0.4 is 9.46 Å². The number of hydrogen-bond acceptors (Lipinski definition) is 8. The SMILES string of the molecule is C[C@@H]1CN([C@H](C)CO)C(=O)c2cc(NS(C)(=O)=O)ccc2O[C@@H](C)CCCCO[C@H]1CN(C)S(=O)(=O)c1ccccc1. The quantitative estimate of drug-likeness (QED) is 0.456. The zero-order valence-electron chi connectivity index (χ0n) is 24.9. The molecule has 3 rings (SSSR count). The molecule has 0 fully saturated rings. The van der Waals surface area contributed by atoms with Gasteiger partial charge in [0.2, 0.25) is 20.0 Å². The molecule has 0 unspecified atom stereocenters. The highest BCUT2D eigenvalue weighted by Gasteiger charge is 2.32. The van der Waals surface area contributed by atoms with E-state index in [1.54, 1.807) is 49.4 Å². The predicted molar refractivity (Wildman–Crippen MR) is 162 cm³/mol. The first-order valence-electron chi connectivity index (χ1n) is 14.1. The van der Waals surface area contributed by atoms with Crippen LogP contribution in [0, 0.1) is 5.92 Å². The van der Waals surface area contributed by atoms with E-state index in [1.165, 1.54) is 22.3 Å². The maximum Gasteiger partial charge on any atom is 0.258 e. The van der Waals surface area contributed by atoms with Gasteiger partial charge in [-0.1, -0.05) is 25.1 Å². The van der Waals surface area contributed by atoms with Gasteiger partial charge in [-0.05, 0) is 63.4 Å². The lowest BCUT2D eigenvalue weighted by molar-refractivity contribution is -0.00833. The van der Waals surface area contributed by atoms with Crippen LogP contribution in [0.1, 0.15) is 50.4 Å². The van der Waals surface area contributed by atoms with Crippen molar-refractivity contribution < 1.29 is 36.2 Å². The molecule has 13 heteroatoms. The highest BCUT2D eigenvalue weighted by molar-refractivity contribution is 7.92. The number of nitrogens with one attached hydrogen (secondary N) is 1. The number of rotatable bonds is 8. The van der Waals surface area contributed by atoms with Gasteiger partial charge in [-0.2, -0.15) is 4.31 Å². The third-order valence-corrected chi connectivity index (χ3v) is 9.69. The lowest BCUT2D eigenvalue weighted by Crippen LogP contribution is -2.48. The number of benzene rings is 2. The van der Waals surface area contributed by atoms with Crippen LogP contribution in [0.3, 0.4) is 0 Å². The summed E-state index contributed by atoms with van der Waals surface area (Å²) in [5.74, 6) is -0.475. The second-order valence-electron chi connectivity index (χ2n) is 11.0. The van der Waals surface area contributed by atoms with Gasteiger partial charge in [-0.15, -0.1) is 0 Å². The molecule has 1 heterocycles. The summed E-state index contributed by atoms with van der Waals surface area (Å²) in [6.07, 6.45) is 2.42. The number of sulfonamides is 2. The molecule has 1 aliphatic rings. The van der Waals surface area contributed by atoms with E-state index in [4.69, 9.17) is 9.47 Å². The Hall–Kier alpha value is -2.71. The molecule has 0 saturated carbocycles. The van der Waals surface area contributed by atoms with Crippen molar-refractivity contribution in [2.75, 3.05) is 44.3 Å². The number of carbonyl (C=O) groups excluding carboxylic acids is 1. The van der Waals surface area contributed by atoms with E-state index in [2.05, 4.69) is 4.72 Å². The zero-order valence-corrected chi connectivity index (χ0v) is 26.5. The lowest BCUT2D eigenvalue weighted by atomic mass is 10.0. The number of ether oxygens (including phenoxy) is 2. The molecule has 0 radical (unpaired) electrons. The average molecular weight is 626 g/mol. The molecule has 0 aromatic heterocycles. The van der Waals surface area contributed by atoms with E-state index in [-0.39, 0.29) is 47.9 Å². The average Bonchev–Trinajstić information content (AvgIpc) is 2.94. The van der Waals surface area contributed by atoms with Crippen molar-refractivity contribution in [2.45, 2.75) is 63.2 Å². The van der Waals surface area contributed by atoms with Crippen LogP contribution >= 0.6 is 0 Å². The van der Waals surface area contributed by atoms with Gasteiger partial charge >= 0.3 is 0 Å². The monoisotopic (exact) mass is 625 g/mol. The summed E-state index contributed by atoms with van der Waals surface area (Å²) in [4.78, 5) is 15.7. The molecule has 1 amide bonds. The molecule has 2 aromatic rings. The fraction of sp³-hybridized carbons (Fsp3) is 0.552. The number of aliphatic hydroxyl groups excluding tert-OH is 1. The van der Waals surface area contributed by atoms with Crippen molar-refractivity contribution in [3.8, 4) is 5.75 Å². The summed E-state index contributed by atoms with van der Waals surface area (Å²) in [5, 5.41) is 10.1. The minimum Gasteiger partial charge on any atom is -0.490 e. The van der Waals surface area contributed by atoms with Gasteiger partial charge in [0.25, 0.3) is 5.91 Å². The fourth-order valence-electron chi connectivity index (χ4n) is 4.79. The first-order chi connectivity index (χ1) is 19.7. The Morgan fingerprint density at radius 2 is 1.79 bits per heavy atom. The Bertz CT molecular complexity index is 1400. The minimum absolute atomic E-state index is 0.0620. The summed E-state index contributed by atoms with van der Waals surface area (Å²) in [6.45, 7) is 5.77. The molecule has 42 heavy (non-hydrogen) atoms. The molecule has 0 spiro atoms. The molecule has 4 atom stereocenters. The Labute approximate surface area is 249 Å². The highest BCUT2D eigenvalue weighted by atomic mass is 32.2. The number of amides is 1. The van der Waals surface area contributed by atoms with Crippen LogP contribution in [0.2, 0.25) is 0 Å². The third-order valence-electron chi connectivity index (χ3n) is 7.24. The molecule has 2 aromatic carbocycles. The van der Waals surface area contributed by atoms with Gasteiger partial charge < -0.3 is 19.5 Å². The number of carbonyl (C=O) groups is 1. The summed E-state index contributed by atoms with van der Waals surface area (Å²) >= 11 is 0. The van der Waals surface area contributed by atoms with Gasteiger partial charge in [0.05, 0.1) is 41.6 Å². The van der Waals surface area contributed by atoms with E-state index < -0.39 is 38.1 Å². The summed E-state index contributed by atoms with van der Waals surface area (Å²) in [6, 6.07) is 12.1. The van der Waals surface area contributed by atoms with Crippen LogP contribution in [0.25, 0.3) is 0 Å². The smallest absolute Gasteiger partial charge is 0.258 e. The van der Waals surface area contributed by atoms with Crippen LogP contribution in [-0.4, -0.2) is 94.9 Å². The normalized spacial score (nSPS) is 22.1. The first kappa shape index (κ1) is 33.8. The molecule has 0 saturated heterocycles. The van der Waals surface area contributed by atoms with Crippen molar-refractivity contribution in [3.05, 3.63) is 54.1 Å². The number of fused-ring (bicyclic) bond motifs is 1. The molecular weight excluding hydrogens is 582 g/mol. The maximum absolute atomic E-state index is 14.1. The minimum atomic E-state index is -3.77. The number of likely N-dealkylation sites (N-methyl/N-ethyl adjacent to an activating group) is 1. The molecule has 1 aliphatic heterocycles. The Kier molecular flexibility index (Phi) is 11.8. The Balaban J connectivity index is 1.98. The summed E-state index contributed by atoms with van der Waals surface area (Å²) in [5.41, 5.74) is 0.363. The lowest BCUT2D eigenvalue weighted by Gasteiger charge is -2.35. The summed E-state index contributed by atoms with van der Waals surface area (Å²) in [7, 11) is -5.87. The van der Waals surface area contributed by atoms with Gasteiger partial charge in [0.1, 0.15) is 5.75 Å². The molecule has 11 nitrogen and oxygen atoms in total. The van der Waals surface area contributed by atoms with E-state index in [9.17, 15) is 26.7 Å². The molecule has 0 bridgehead atoms. The van der Waals surface area contributed by atoms with Crippen molar-refractivity contribution >= 4 is 31.6 Å². The van der Waals surface area contributed by atoms with Crippen LogP contribution in [-0.2, 0) is 24.8 Å². The van der Waals surface area contributed by atoms with Gasteiger partial charge in [-0.25, -0.2) is 16.8 Å². The largest absolute Gasteiger partial charge is 0.490 e. The number of nitrogens with zero attached hydrogens (tertiary/aromatic N) is 2. The standard InChI is InChI=1S/C29H43N3O8S2/c1-21-18-32(22(2)20-33)29(34)26-17-24(30-41(5,35)36)14-15-27(26)40-23(3)11-9-10-16-39-28(21)19-31(4)42(37,38)25-12-7-6-8-13-25/h6-8,12-15,17,21-23,28,30,33H,9-11,16,18-20H2,1-5H3/t21-,22-,23+,28+/m1/s1. The third kappa shape index (κ3) is 9.14. The van der Waals surface area contributed by atoms with Crippen molar-refractivity contribution in [3.63, 3.8) is 0 Å². The van der Waals surface area contributed by atoms with Crippen molar-refractivity contribution in [1.29, 1.82) is 0 Å². The fourth-order valence-corrected chi connectivity index (χ4v) is 6.55. The van der Waals surface area contributed by atoms with Gasteiger partial charge in [-0.3, -0.25) is 9.52 Å². The van der Waals surface area contributed by atoms with E-state index in [1.807, 2.05) is 13.8 Å². The molecule has 234 valence electrons. The molecular formula is C29H43N3O8S2. The van der Waals surface area contributed by atoms with E-state index >= 15 is 0 Å². The first-order valence-corrected chi connectivity index (χ1v) is 17.4. The highest BCUT2D eigenvalue weighted by Crippen LogP contribution is 2.29. The summed E-state index contributed by atoms with van der Waals surface area (Å²) < 4.78 is 66.4. The predicted octanol–water partition coefficient (Wildman–Crippen LogP) is 3.17. The van der Waals surface area contributed by atoms with Gasteiger partial charge in [0, 0.05) is 38.3 Å². The second kappa shape index (κ2) is 14.6. The van der Waals surface area contributed by atoms with E-state index in [0.29, 0.717) is 18.8 Å². The topological polar surface area (TPSA) is 143 Å². The zero-order chi connectivity index (χ0) is 31.1. The number of anilines is 1. The van der Waals surface area contributed by atoms with E-state index in [0.717, 1.165) is 19.1 Å². The van der Waals surface area contributed by atoms with Crippen molar-refractivity contribution in [2.24, 2.45) is 5.92 Å². The van der Waals surface area contributed by atoms with Crippen LogP contribution in [0.5, 0.6) is 5.75 Å². The Morgan fingerprint density at radius 3 is 2.43 bits per heavy atom. The Morgan fingerprint density at radius 1 is 1.10 bits per heavy atom. The van der Waals surface area contributed by atoms with Crippen LogP contribution in [0.4, 0.5) is 5.69 Å². The van der Waals surface area contributed by atoms with Crippen molar-refractivity contribution in [1.82, 2.24) is 9.21 Å². The van der Waals surface area contributed by atoms with Gasteiger partial charge in [0.15, 0.2) is 0 Å². The van der Waals surface area contributed by atoms with Crippen LogP contribution in [0.15, 0.2) is 53.4 Å². The number of hydrogen-bond donors (Lipinski definition) is 2. The number of aliphatic hydroxyl groups is 1. The second-order valence-corrected chi connectivity index (χ2v) is 14.8. The molecule has 2 N–H and O–H groups in total.